The Labute approximate surface area is 113 Å². The minimum Gasteiger partial charge on any atom is -0.389 e. The third-order valence-electron chi connectivity index (χ3n) is 2.15. The molecule has 7 heteroatoms. The van der Waals surface area contributed by atoms with E-state index in [1.54, 1.807) is 26.0 Å². The quantitative estimate of drug-likeness (QED) is 0.712. The van der Waals surface area contributed by atoms with E-state index in [0.29, 0.717) is 11.3 Å². The lowest BCUT2D eigenvalue weighted by atomic mass is 10.1. The van der Waals surface area contributed by atoms with E-state index < -0.39 is 10.2 Å². The molecule has 0 aliphatic carbocycles. The number of anilines is 1. The molecule has 0 amide bonds. The summed E-state index contributed by atoms with van der Waals surface area (Å²) in [7, 11) is -3.62. The van der Waals surface area contributed by atoms with E-state index in [1.165, 1.54) is 0 Å². The molecule has 0 spiro atoms. The Bertz CT molecular complexity index is 553. The largest absolute Gasteiger partial charge is 0.389 e. The molecule has 0 radical (unpaired) electrons. The molecule has 0 heterocycles. The fourth-order valence-electron chi connectivity index (χ4n) is 1.56. The maximum Gasteiger partial charge on any atom is 0.299 e. The second-order valence-corrected chi connectivity index (χ2v) is 6.13. The van der Waals surface area contributed by atoms with E-state index >= 15 is 0 Å². The molecule has 0 aliphatic heterocycles. The minimum atomic E-state index is -3.62. The molecular weight excluding hydrogens is 270 g/mol. The highest BCUT2D eigenvalue weighted by molar-refractivity contribution is 7.90. The Kier molecular flexibility index (Phi) is 4.66. The first-order chi connectivity index (χ1) is 8.23. The molecule has 0 bridgehead atoms. The molecule has 100 valence electrons. The highest BCUT2D eigenvalue weighted by Gasteiger charge is 2.15. The number of nitrogens with one attached hydrogen (secondary N) is 2. The van der Waals surface area contributed by atoms with Crippen molar-refractivity contribution >= 4 is 33.1 Å². The molecule has 4 N–H and O–H groups in total. The lowest BCUT2D eigenvalue weighted by Gasteiger charge is -2.15. The highest BCUT2D eigenvalue weighted by atomic mass is 32.2. The minimum absolute atomic E-state index is 0.162. The molecule has 1 aromatic rings. The fourth-order valence-corrected chi connectivity index (χ4v) is 2.97. The summed E-state index contributed by atoms with van der Waals surface area (Å²) in [6.45, 7) is 5.30. The van der Waals surface area contributed by atoms with Gasteiger partial charge in [-0.3, -0.25) is 4.72 Å². The lowest BCUT2D eigenvalue weighted by molar-refractivity contribution is 0.575. The van der Waals surface area contributed by atoms with Crippen LogP contribution in [0.15, 0.2) is 18.2 Å². The zero-order valence-corrected chi connectivity index (χ0v) is 12.2. The predicted octanol–water partition coefficient (Wildman–Crippen LogP) is 1.28. The average molecular weight is 287 g/mol. The van der Waals surface area contributed by atoms with Gasteiger partial charge in [-0.15, -0.1) is 0 Å². The summed E-state index contributed by atoms with van der Waals surface area (Å²) in [5.41, 5.74) is 7.37. The van der Waals surface area contributed by atoms with E-state index in [9.17, 15) is 8.42 Å². The first-order valence-corrected chi connectivity index (χ1v) is 7.31. The fraction of sp³-hybridized carbons (Fsp3) is 0.364. The van der Waals surface area contributed by atoms with E-state index in [1.807, 2.05) is 13.0 Å². The number of aryl methyl sites for hydroxylation is 1. The SMILES string of the molecule is Cc1cccc(NS(=O)(=O)NC(C)C)c1C(N)=S. The molecule has 0 atom stereocenters. The molecule has 0 saturated heterocycles. The van der Waals surface area contributed by atoms with Crippen molar-refractivity contribution in [2.45, 2.75) is 26.8 Å². The van der Waals surface area contributed by atoms with Crippen LogP contribution < -0.4 is 15.2 Å². The first kappa shape index (κ1) is 14.9. The van der Waals surface area contributed by atoms with Crippen molar-refractivity contribution in [3.63, 3.8) is 0 Å². The summed E-state index contributed by atoms with van der Waals surface area (Å²) in [5, 5.41) is 0. The van der Waals surface area contributed by atoms with Crippen LogP contribution in [0.2, 0.25) is 0 Å². The zero-order valence-electron chi connectivity index (χ0n) is 10.5. The van der Waals surface area contributed by atoms with Gasteiger partial charge in [0.05, 0.1) is 5.69 Å². The molecule has 0 saturated carbocycles. The summed E-state index contributed by atoms with van der Waals surface area (Å²) in [6, 6.07) is 4.99. The van der Waals surface area contributed by atoms with Crippen molar-refractivity contribution in [3.05, 3.63) is 29.3 Å². The number of hydrogen-bond acceptors (Lipinski definition) is 3. The van der Waals surface area contributed by atoms with Crippen LogP contribution in [-0.2, 0) is 10.2 Å². The third-order valence-corrected chi connectivity index (χ3v) is 3.63. The maximum absolute atomic E-state index is 11.8. The molecule has 0 unspecified atom stereocenters. The Hall–Kier alpha value is -1.18. The van der Waals surface area contributed by atoms with Gasteiger partial charge in [-0.25, -0.2) is 0 Å². The molecule has 0 aliphatic rings. The number of rotatable bonds is 5. The summed E-state index contributed by atoms with van der Waals surface area (Å²) in [6.07, 6.45) is 0. The van der Waals surface area contributed by atoms with Crippen LogP contribution in [0.4, 0.5) is 5.69 Å². The number of hydrogen-bond donors (Lipinski definition) is 3. The lowest BCUT2D eigenvalue weighted by Crippen LogP contribution is -2.35. The third kappa shape index (κ3) is 3.94. The van der Waals surface area contributed by atoms with E-state index in [4.69, 9.17) is 18.0 Å². The van der Waals surface area contributed by atoms with Crippen molar-refractivity contribution in [2.75, 3.05) is 4.72 Å². The van der Waals surface area contributed by atoms with Gasteiger partial charge < -0.3 is 5.73 Å². The number of nitrogens with two attached hydrogens (primary N) is 1. The second-order valence-electron chi connectivity index (χ2n) is 4.24. The van der Waals surface area contributed by atoms with E-state index in [0.717, 1.165) is 5.56 Å². The molecule has 1 aromatic carbocycles. The van der Waals surface area contributed by atoms with Crippen molar-refractivity contribution in [1.29, 1.82) is 0 Å². The Morgan fingerprint density at radius 1 is 1.39 bits per heavy atom. The Morgan fingerprint density at radius 2 is 2.00 bits per heavy atom. The summed E-state index contributed by atoms with van der Waals surface area (Å²) in [5.74, 6) is 0. The Morgan fingerprint density at radius 3 is 2.50 bits per heavy atom. The smallest absolute Gasteiger partial charge is 0.299 e. The van der Waals surface area contributed by atoms with Gasteiger partial charge >= 0.3 is 0 Å². The van der Waals surface area contributed by atoms with Crippen LogP contribution in [0.3, 0.4) is 0 Å². The van der Waals surface area contributed by atoms with E-state index in [-0.39, 0.29) is 11.0 Å². The molecular formula is C11H17N3O2S2. The molecule has 18 heavy (non-hydrogen) atoms. The van der Waals surface area contributed by atoms with Crippen molar-refractivity contribution < 1.29 is 8.42 Å². The van der Waals surface area contributed by atoms with Crippen LogP contribution in [0.5, 0.6) is 0 Å². The highest BCUT2D eigenvalue weighted by Crippen LogP contribution is 2.20. The number of thiocarbonyl (C=S) groups is 1. The summed E-state index contributed by atoms with van der Waals surface area (Å²) in [4.78, 5) is 0.162. The maximum atomic E-state index is 11.8. The molecule has 5 nitrogen and oxygen atoms in total. The van der Waals surface area contributed by atoms with Gasteiger partial charge in [-0.05, 0) is 32.4 Å². The van der Waals surface area contributed by atoms with Crippen molar-refractivity contribution in [1.82, 2.24) is 4.72 Å². The van der Waals surface area contributed by atoms with Crippen LogP contribution in [0, 0.1) is 6.92 Å². The van der Waals surface area contributed by atoms with E-state index in [2.05, 4.69) is 9.44 Å². The van der Waals surface area contributed by atoms with Gasteiger partial charge in [0.15, 0.2) is 0 Å². The van der Waals surface area contributed by atoms with Crippen LogP contribution in [0.1, 0.15) is 25.0 Å². The zero-order chi connectivity index (χ0) is 13.9. The van der Waals surface area contributed by atoms with Crippen LogP contribution >= 0.6 is 12.2 Å². The molecule has 0 fully saturated rings. The Balaban J connectivity index is 3.13. The normalized spacial score (nSPS) is 11.6. The molecule has 0 aromatic heterocycles. The topological polar surface area (TPSA) is 84.2 Å². The summed E-state index contributed by atoms with van der Waals surface area (Å²) < 4.78 is 28.4. The van der Waals surface area contributed by atoms with Gasteiger partial charge in [-0.2, -0.15) is 13.1 Å². The van der Waals surface area contributed by atoms with Gasteiger partial charge in [0, 0.05) is 11.6 Å². The monoisotopic (exact) mass is 287 g/mol. The summed E-state index contributed by atoms with van der Waals surface area (Å²) >= 11 is 4.94. The van der Waals surface area contributed by atoms with Gasteiger partial charge in [0.25, 0.3) is 10.2 Å². The van der Waals surface area contributed by atoms with Gasteiger partial charge in [0.1, 0.15) is 4.99 Å². The van der Waals surface area contributed by atoms with Crippen molar-refractivity contribution in [3.8, 4) is 0 Å². The number of benzene rings is 1. The first-order valence-electron chi connectivity index (χ1n) is 5.42. The molecule has 1 rings (SSSR count). The van der Waals surface area contributed by atoms with Crippen molar-refractivity contribution in [2.24, 2.45) is 5.73 Å². The van der Waals surface area contributed by atoms with Gasteiger partial charge in [-0.1, -0.05) is 24.4 Å². The predicted molar refractivity (Wildman–Crippen MR) is 77.9 cm³/mol. The van der Waals surface area contributed by atoms with Gasteiger partial charge in [0.2, 0.25) is 0 Å². The van der Waals surface area contributed by atoms with Crippen LogP contribution in [-0.4, -0.2) is 19.4 Å². The standard InChI is InChI=1S/C11H17N3O2S2/c1-7(2)13-18(15,16)14-9-6-4-5-8(3)10(9)11(12)17/h4-7,13-14H,1-3H3,(H2,12,17). The average Bonchev–Trinajstić information content (AvgIpc) is 2.13. The second kappa shape index (κ2) is 5.64. The van der Waals surface area contributed by atoms with Crippen LogP contribution in [0.25, 0.3) is 0 Å².